The molecule has 1 aromatic rings. The van der Waals surface area contributed by atoms with Crippen molar-refractivity contribution in [1.29, 1.82) is 0 Å². The fraction of sp³-hybridized carbons (Fsp3) is 0.765. The van der Waals surface area contributed by atoms with Crippen LogP contribution in [0.4, 0.5) is 0 Å². The Morgan fingerprint density at radius 3 is 2.95 bits per heavy atom. The van der Waals surface area contributed by atoms with Gasteiger partial charge in [0.05, 0.1) is 24.2 Å². The van der Waals surface area contributed by atoms with Gasteiger partial charge < -0.3 is 9.47 Å². The molecule has 4 heterocycles. The van der Waals surface area contributed by atoms with Gasteiger partial charge in [0.1, 0.15) is 5.60 Å². The van der Waals surface area contributed by atoms with E-state index >= 15 is 0 Å². The van der Waals surface area contributed by atoms with Gasteiger partial charge in [-0.15, -0.1) is 11.3 Å². The Kier molecular flexibility index (Phi) is 3.82. The summed E-state index contributed by atoms with van der Waals surface area (Å²) in [5, 5.41) is 0. The molecule has 1 aromatic heterocycles. The van der Waals surface area contributed by atoms with Crippen molar-refractivity contribution in [3.05, 3.63) is 20.8 Å². The summed E-state index contributed by atoms with van der Waals surface area (Å²) in [6.07, 6.45) is 3.17. The first-order valence-electron chi connectivity index (χ1n) is 8.24. The first-order chi connectivity index (χ1) is 10.5. The molecule has 1 spiro atoms. The summed E-state index contributed by atoms with van der Waals surface area (Å²) >= 11 is 8.00. The number of ether oxygens (including phenoxy) is 2. The molecule has 3 aliphatic rings. The van der Waals surface area contributed by atoms with Crippen LogP contribution in [0.25, 0.3) is 0 Å². The van der Waals surface area contributed by atoms with Crippen LogP contribution in [-0.2, 0) is 21.5 Å². The summed E-state index contributed by atoms with van der Waals surface area (Å²) in [5.74, 6) is 0. The van der Waals surface area contributed by atoms with E-state index in [1.54, 1.807) is 11.3 Å². The number of piperidine rings is 1. The van der Waals surface area contributed by atoms with Crippen LogP contribution >= 0.6 is 22.9 Å². The minimum atomic E-state index is -0.0850. The van der Waals surface area contributed by atoms with Crippen LogP contribution < -0.4 is 0 Å². The Morgan fingerprint density at radius 2 is 2.27 bits per heavy atom. The molecule has 0 unspecified atom stereocenters. The van der Waals surface area contributed by atoms with Gasteiger partial charge in [0, 0.05) is 29.4 Å². The Hall–Kier alpha value is -0.130. The fourth-order valence-electron chi connectivity index (χ4n) is 4.25. The Morgan fingerprint density at radius 1 is 1.45 bits per heavy atom. The summed E-state index contributed by atoms with van der Waals surface area (Å²) < 4.78 is 12.7. The van der Waals surface area contributed by atoms with Crippen LogP contribution in [0.1, 0.15) is 37.1 Å². The molecule has 0 bridgehead atoms. The van der Waals surface area contributed by atoms with Crippen molar-refractivity contribution in [3.8, 4) is 0 Å². The average Bonchev–Trinajstić information content (AvgIpc) is 2.83. The lowest BCUT2D eigenvalue weighted by atomic mass is 9.80. The Bertz CT molecular complexity index is 571. The zero-order chi connectivity index (χ0) is 15.4. The van der Waals surface area contributed by atoms with Gasteiger partial charge in [-0.25, -0.2) is 0 Å². The van der Waals surface area contributed by atoms with Gasteiger partial charge in [-0.3, -0.25) is 4.90 Å². The first kappa shape index (κ1) is 15.4. The van der Waals surface area contributed by atoms with E-state index in [0.717, 1.165) is 56.5 Å². The smallest absolute Gasteiger partial charge is 0.105 e. The molecule has 0 amide bonds. The van der Waals surface area contributed by atoms with Crippen LogP contribution in [-0.4, -0.2) is 43.9 Å². The van der Waals surface area contributed by atoms with E-state index in [1.807, 2.05) is 0 Å². The van der Waals surface area contributed by atoms with Crippen molar-refractivity contribution in [2.24, 2.45) is 5.41 Å². The molecule has 0 aliphatic carbocycles. The van der Waals surface area contributed by atoms with Crippen molar-refractivity contribution >= 4 is 22.9 Å². The quantitative estimate of drug-likeness (QED) is 0.819. The Balaban J connectivity index is 1.52. The van der Waals surface area contributed by atoms with Crippen LogP contribution in [0.2, 0.25) is 4.34 Å². The number of hydrogen-bond donors (Lipinski definition) is 0. The van der Waals surface area contributed by atoms with E-state index in [0.29, 0.717) is 11.5 Å². The summed E-state index contributed by atoms with van der Waals surface area (Å²) in [6, 6.07) is 2.69. The third-order valence-electron chi connectivity index (χ3n) is 5.48. The second-order valence-corrected chi connectivity index (χ2v) is 9.26. The highest BCUT2D eigenvalue weighted by Crippen LogP contribution is 2.48. The summed E-state index contributed by atoms with van der Waals surface area (Å²) in [7, 11) is 0. The van der Waals surface area contributed by atoms with Crippen LogP contribution in [0.15, 0.2) is 6.07 Å². The van der Waals surface area contributed by atoms with Gasteiger partial charge >= 0.3 is 0 Å². The first-order valence-corrected chi connectivity index (χ1v) is 9.44. The number of halogens is 1. The van der Waals surface area contributed by atoms with Crippen molar-refractivity contribution in [2.45, 2.75) is 44.8 Å². The third kappa shape index (κ3) is 2.53. The minimum Gasteiger partial charge on any atom is -0.380 e. The molecule has 4 rings (SSSR count). The summed E-state index contributed by atoms with van der Waals surface area (Å²) in [5.41, 5.74) is 1.68. The van der Waals surface area contributed by atoms with Gasteiger partial charge in [-0.1, -0.05) is 18.5 Å². The van der Waals surface area contributed by atoms with Crippen LogP contribution in [0, 0.1) is 5.41 Å². The number of hydrogen-bond acceptors (Lipinski definition) is 4. The van der Waals surface area contributed by atoms with Crippen molar-refractivity contribution < 1.29 is 9.47 Å². The molecule has 3 aliphatic heterocycles. The molecule has 2 atom stereocenters. The SMILES string of the molecule is C[C@H]1C[C@@]2(CCN1CC1(C)COC1)OCCc1cc(Cl)sc12. The largest absolute Gasteiger partial charge is 0.380 e. The Labute approximate surface area is 141 Å². The molecular weight excluding hydrogens is 318 g/mol. The van der Waals surface area contributed by atoms with E-state index in [9.17, 15) is 0 Å². The van der Waals surface area contributed by atoms with Crippen molar-refractivity contribution in [2.75, 3.05) is 32.9 Å². The summed E-state index contributed by atoms with van der Waals surface area (Å²) in [4.78, 5) is 4.02. The second-order valence-electron chi connectivity index (χ2n) is 7.57. The number of fused-ring (bicyclic) bond motifs is 2. The number of likely N-dealkylation sites (tertiary alicyclic amines) is 1. The lowest BCUT2D eigenvalue weighted by Gasteiger charge is -2.50. The standard InChI is InChI=1S/C17H24ClNO2S/c1-12-8-17(4-5-19(12)9-16(2)10-20-11-16)15-13(3-6-21-17)7-14(18)22-15/h7,12H,3-6,8-11H2,1-2H3/t12-,17+/m0/s1. The zero-order valence-corrected chi connectivity index (χ0v) is 14.9. The maximum absolute atomic E-state index is 6.34. The van der Waals surface area contributed by atoms with E-state index in [4.69, 9.17) is 21.1 Å². The van der Waals surface area contributed by atoms with Crippen molar-refractivity contribution in [1.82, 2.24) is 4.90 Å². The molecule has 3 nitrogen and oxygen atoms in total. The molecule has 5 heteroatoms. The van der Waals surface area contributed by atoms with E-state index in [2.05, 4.69) is 24.8 Å². The third-order valence-corrected chi connectivity index (χ3v) is 6.97. The fourth-order valence-corrected chi connectivity index (χ4v) is 5.73. The molecule has 2 saturated heterocycles. The molecule has 0 radical (unpaired) electrons. The highest BCUT2D eigenvalue weighted by Gasteiger charge is 2.46. The highest BCUT2D eigenvalue weighted by molar-refractivity contribution is 7.16. The van der Waals surface area contributed by atoms with Gasteiger partial charge in [-0.05, 0) is 37.8 Å². The molecule has 0 aromatic carbocycles. The van der Waals surface area contributed by atoms with E-state index < -0.39 is 0 Å². The maximum Gasteiger partial charge on any atom is 0.105 e. The van der Waals surface area contributed by atoms with Gasteiger partial charge in [0.15, 0.2) is 0 Å². The zero-order valence-electron chi connectivity index (χ0n) is 13.4. The van der Waals surface area contributed by atoms with Gasteiger partial charge in [-0.2, -0.15) is 0 Å². The lowest BCUT2D eigenvalue weighted by molar-refractivity contribution is -0.144. The monoisotopic (exact) mass is 341 g/mol. The molecule has 0 saturated carbocycles. The number of nitrogens with zero attached hydrogens (tertiary/aromatic N) is 1. The molecule has 22 heavy (non-hydrogen) atoms. The van der Waals surface area contributed by atoms with E-state index in [1.165, 1.54) is 10.4 Å². The molecule has 122 valence electrons. The van der Waals surface area contributed by atoms with Crippen molar-refractivity contribution in [3.63, 3.8) is 0 Å². The van der Waals surface area contributed by atoms with Gasteiger partial charge in [0.25, 0.3) is 0 Å². The lowest BCUT2D eigenvalue weighted by Crippen LogP contribution is -2.56. The normalized spacial score (nSPS) is 34.4. The number of rotatable bonds is 2. The number of thiophene rings is 1. The van der Waals surface area contributed by atoms with Crippen LogP contribution in [0.3, 0.4) is 0 Å². The minimum absolute atomic E-state index is 0.0850. The van der Waals surface area contributed by atoms with Gasteiger partial charge in [0.2, 0.25) is 0 Å². The molecule has 0 N–H and O–H groups in total. The maximum atomic E-state index is 6.34. The molecular formula is C17H24ClNO2S. The second kappa shape index (κ2) is 5.45. The molecule has 2 fully saturated rings. The highest BCUT2D eigenvalue weighted by atomic mass is 35.5. The van der Waals surface area contributed by atoms with E-state index in [-0.39, 0.29) is 5.60 Å². The predicted molar refractivity (Wildman–Crippen MR) is 89.9 cm³/mol. The van der Waals surface area contributed by atoms with Crippen LogP contribution in [0.5, 0.6) is 0 Å². The predicted octanol–water partition coefficient (Wildman–Crippen LogP) is 3.69. The summed E-state index contributed by atoms with van der Waals surface area (Å²) in [6.45, 7) is 9.57. The topological polar surface area (TPSA) is 21.7 Å². The average molecular weight is 342 g/mol.